The Hall–Kier alpha value is -2.37. The summed E-state index contributed by atoms with van der Waals surface area (Å²) in [7, 11) is 0. The molecule has 1 spiro atoms. The van der Waals surface area contributed by atoms with Gasteiger partial charge in [-0.15, -0.1) is 0 Å². The molecule has 2 aliphatic carbocycles. The SMILES string of the molecule is O=C(OCc1ccccc1)N1CCC2(CC1)CC(OC1CC(OCc3ccccc3)C1)C2. The van der Waals surface area contributed by atoms with Gasteiger partial charge in [0, 0.05) is 13.1 Å². The molecule has 1 aliphatic heterocycles. The lowest BCUT2D eigenvalue weighted by atomic mass is 9.61. The van der Waals surface area contributed by atoms with E-state index >= 15 is 0 Å². The molecule has 32 heavy (non-hydrogen) atoms. The quantitative estimate of drug-likeness (QED) is 0.590. The molecule has 0 N–H and O–H groups in total. The standard InChI is InChI=1S/C27H33NO4/c29-26(31-20-22-9-5-2-6-10-22)28-13-11-27(12-14-28)17-25(18-27)32-24-15-23(16-24)30-19-21-7-3-1-4-8-21/h1-10,23-25H,11-20H2. The average Bonchev–Trinajstić information content (AvgIpc) is 2.79. The molecule has 0 radical (unpaired) electrons. The minimum absolute atomic E-state index is 0.188. The van der Waals surface area contributed by atoms with E-state index in [2.05, 4.69) is 24.3 Å². The van der Waals surface area contributed by atoms with Crippen LogP contribution in [0.25, 0.3) is 0 Å². The zero-order valence-electron chi connectivity index (χ0n) is 18.7. The number of benzene rings is 2. The summed E-state index contributed by atoms with van der Waals surface area (Å²) in [5.41, 5.74) is 2.62. The Morgan fingerprint density at radius 1 is 0.812 bits per heavy atom. The molecule has 2 aromatic rings. The number of carbonyl (C=O) groups is 1. The Morgan fingerprint density at radius 2 is 1.41 bits per heavy atom. The third-order valence-corrected chi connectivity index (χ3v) is 7.37. The van der Waals surface area contributed by atoms with Gasteiger partial charge in [-0.2, -0.15) is 0 Å². The van der Waals surface area contributed by atoms with E-state index in [1.165, 1.54) is 5.56 Å². The Balaban J connectivity index is 0.957. The molecule has 2 aromatic carbocycles. The molecule has 0 atom stereocenters. The molecule has 2 saturated carbocycles. The van der Waals surface area contributed by atoms with Crippen LogP contribution in [-0.2, 0) is 27.4 Å². The maximum absolute atomic E-state index is 12.4. The molecule has 5 heteroatoms. The van der Waals surface area contributed by atoms with Crippen molar-refractivity contribution in [3.8, 4) is 0 Å². The minimum Gasteiger partial charge on any atom is -0.445 e. The summed E-state index contributed by atoms with van der Waals surface area (Å²) < 4.78 is 17.8. The summed E-state index contributed by atoms with van der Waals surface area (Å²) in [6.45, 7) is 2.61. The number of likely N-dealkylation sites (tertiary alicyclic amines) is 1. The first-order valence-electron chi connectivity index (χ1n) is 11.9. The first kappa shape index (κ1) is 21.5. The fraction of sp³-hybridized carbons (Fsp3) is 0.519. The highest BCUT2D eigenvalue weighted by Crippen LogP contribution is 2.51. The van der Waals surface area contributed by atoms with Crippen LogP contribution < -0.4 is 0 Å². The molecule has 0 bridgehead atoms. The van der Waals surface area contributed by atoms with Gasteiger partial charge in [0.1, 0.15) is 6.61 Å². The van der Waals surface area contributed by atoms with Crippen molar-refractivity contribution in [1.82, 2.24) is 4.90 Å². The van der Waals surface area contributed by atoms with Crippen molar-refractivity contribution in [2.75, 3.05) is 13.1 Å². The fourth-order valence-corrected chi connectivity index (χ4v) is 5.21. The van der Waals surface area contributed by atoms with E-state index in [0.717, 1.165) is 57.2 Å². The van der Waals surface area contributed by atoms with Gasteiger partial charge in [-0.05, 0) is 55.1 Å². The lowest BCUT2D eigenvalue weighted by Gasteiger charge is -2.53. The molecular formula is C27H33NO4. The number of hydrogen-bond donors (Lipinski definition) is 0. The zero-order chi connectivity index (χ0) is 21.8. The summed E-state index contributed by atoms with van der Waals surface area (Å²) in [6.07, 6.45) is 7.28. The Morgan fingerprint density at radius 3 is 2.03 bits per heavy atom. The van der Waals surface area contributed by atoms with Crippen LogP contribution in [0.5, 0.6) is 0 Å². The predicted molar refractivity (Wildman–Crippen MR) is 122 cm³/mol. The topological polar surface area (TPSA) is 48.0 Å². The first-order chi connectivity index (χ1) is 15.7. The number of nitrogens with zero attached hydrogens (tertiary/aromatic N) is 1. The predicted octanol–water partition coefficient (Wildman–Crippen LogP) is 5.33. The molecule has 5 rings (SSSR count). The average molecular weight is 436 g/mol. The second-order valence-corrected chi connectivity index (χ2v) is 9.71. The van der Waals surface area contributed by atoms with Crippen molar-refractivity contribution in [3.63, 3.8) is 0 Å². The van der Waals surface area contributed by atoms with Crippen molar-refractivity contribution in [2.45, 2.75) is 70.1 Å². The van der Waals surface area contributed by atoms with E-state index in [-0.39, 0.29) is 6.09 Å². The summed E-state index contributed by atoms with van der Waals surface area (Å²) in [4.78, 5) is 14.3. The lowest BCUT2D eigenvalue weighted by molar-refractivity contribution is -0.179. The van der Waals surface area contributed by atoms with Crippen molar-refractivity contribution in [2.24, 2.45) is 5.41 Å². The Labute approximate surface area is 190 Å². The van der Waals surface area contributed by atoms with Gasteiger partial charge in [-0.1, -0.05) is 60.7 Å². The highest BCUT2D eigenvalue weighted by atomic mass is 16.6. The Kier molecular flexibility index (Phi) is 6.47. The van der Waals surface area contributed by atoms with E-state index < -0.39 is 0 Å². The molecule has 1 saturated heterocycles. The second-order valence-electron chi connectivity index (χ2n) is 9.71. The molecule has 0 aromatic heterocycles. The van der Waals surface area contributed by atoms with Gasteiger partial charge in [-0.25, -0.2) is 4.79 Å². The Bertz CT molecular complexity index is 865. The van der Waals surface area contributed by atoms with Gasteiger partial charge >= 0.3 is 6.09 Å². The number of hydrogen-bond acceptors (Lipinski definition) is 4. The van der Waals surface area contributed by atoms with Crippen LogP contribution in [0.2, 0.25) is 0 Å². The van der Waals surface area contributed by atoms with Crippen molar-refractivity contribution in [3.05, 3.63) is 71.8 Å². The highest BCUT2D eigenvalue weighted by molar-refractivity contribution is 5.67. The monoisotopic (exact) mass is 435 g/mol. The molecule has 1 heterocycles. The van der Waals surface area contributed by atoms with E-state index in [1.807, 2.05) is 41.3 Å². The zero-order valence-corrected chi connectivity index (χ0v) is 18.7. The molecule has 5 nitrogen and oxygen atoms in total. The fourth-order valence-electron chi connectivity index (χ4n) is 5.21. The molecular weight excluding hydrogens is 402 g/mol. The normalized spacial score (nSPS) is 24.6. The van der Waals surface area contributed by atoms with E-state index in [1.54, 1.807) is 0 Å². The maximum Gasteiger partial charge on any atom is 0.410 e. The number of ether oxygens (including phenoxy) is 3. The van der Waals surface area contributed by atoms with E-state index in [0.29, 0.717) is 36.9 Å². The van der Waals surface area contributed by atoms with Crippen LogP contribution in [0.4, 0.5) is 4.79 Å². The van der Waals surface area contributed by atoms with Crippen molar-refractivity contribution < 1.29 is 19.0 Å². The van der Waals surface area contributed by atoms with Crippen LogP contribution in [0, 0.1) is 5.41 Å². The second kappa shape index (κ2) is 9.63. The van der Waals surface area contributed by atoms with Gasteiger partial charge in [-0.3, -0.25) is 0 Å². The van der Waals surface area contributed by atoms with Crippen LogP contribution in [0.1, 0.15) is 49.7 Å². The number of piperidine rings is 1. The van der Waals surface area contributed by atoms with Crippen molar-refractivity contribution in [1.29, 1.82) is 0 Å². The van der Waals surface area contributed by atoms with Crippen LogP contribution in [0.3, 0.4) is 0 Å². The van der Waals surface area contributed by atoms with Gasteiger partial charge in [0.2, 0.25) is 0 Å². The highest BCUT2D eigenvalue weighted by Gasteiger charge is 2.48. The smallest absolute Gasteiger partial charge is 0.410 e. The molecule has 170 valence electrons. The summed E-state index contributed by atoms with van der Waals surface area (Å²) >= 11 is 0. The number of carbonyl (C=O) groups excluding carboxylic acids is 1. The first-order valence-corrected chi connectivity index (χ1v) is 11.9. The van der Waals surface area contributed by atoms with Crippen molar-refractivity contribution >= 4 is 6.09 Å². The molecule has 1 amide bonds. The third kappa shape index (κ3) is 5.16. The van der Waals surface area contributed by atoms with E-state index in [4.69, 9.17) is 14.2 Å². The van der Waals surface area contributed by atoms with Crippen LogP contribution in [0.15, 0.2) is 60.7 Å². The largest absolute Gasteiger partial charge is 0.445 e. The molecule has 3 aliphatic rings. The van der Waals surface area contributed by atoms with Crippen LogP contribution >= 0.6 is 0 Å². The molecule has 3 fully saturated rings. The van der Waals surface area contributed by atoms with Crippen LogP contribution in [-0.4, -0.2) is 42.4 Å². The lowest BCUT2D eigenvalue weighted by Crippen LogP contribution is -2.53. The van der Waals surface area contributed by atoms with Gasteiger partial charge in [0.15, 0.2) is 0 Å². The van der Waals surface area contributed by atoms with Gasteiger partial charge < -0.3 is 19.1 Å². The molecule has 0 unspecified atom stereocenters. The van der Waals surface area contributed by atoms with Gasteiger partial charge in [0.25, 0.3) is 0 Å². The number of amides is 1. The number of rotatable bonds is 7. The van der Waals surface area contributed by atoms with E-state index in [9.17, 15) is 4.79 Å². The summed E-state index contributed by atoms with van der Waals surface area (Å²) in [5, 5.41) is 0. The minimum atomic E-state index is -0.188. The summed E-state index contributed by atoms with van der Waals surface area (Å²) in [5.74, 6) is 0. The summed E-state index contributed by atoms with van der Waals surface area (Å²) in [6, 6.07) is 20.2. The maximum atomic E-state index is 12.4. The third-order valence-electron chi connectivity index (χ3n) is 7.37. The van der Waals surface area contributed by atoms with Gasteiger partial charge in [0.05, 0.1) is 24.9 Å².